The molecule has 4 aromatic carbocycles. The van der Waals surface area contributed by atoms with E-state index >= 15 is 0 Å². The van der Waals surface area contributed by atoms with Crippen LogP contribution < -0.4 is 10.6 Å². The summed E-state index contributed by atoms with van der Waals surface area (Å²) in [6, 6.07) is 30.0. The highest BCUT2D eigenvalue weighted by atomic mass is 32.2. The topological polar surface area (TPSA) is 102 Å². The number of carbonyl (C=O) groups is 2. The van der Waals surface area contributed by atoms with Crippen LogP contribution in [0.2, 0.25) is 0 Å². The monoisotopic (exact) mass is 692 g/mol. The molecule has 6 rings (SSSR count). The van der Waals surface area contributed by atoms with Crippen LogP contribution in [0, 0.1) is 13.8 Å². The van der Waals surface area contributed by atoms with Crippen LogP contribution in [-0.4, -0.2) is 43.1 Å². The first-order chi connectivity index (χ1) is 23.0. The number of aryl methyl sites for hydroxylation is 2. The molecule has 2 N–H and O–H groups in total. The molecule has 0 saturated heterocycles. The standard InChI is InChI=1S/C37H36N6O2S3/c1-23-10-9-11-24(2)33(23)40-32(45)22-47-36-39-29-19-18-27(20-30(29)48-36)38-31(44)21-46-35-42-41-34(43(35)28-12-7-6-8-13-28)25-14-16-26(17-15-25)37(3,4)5/h6-20H,21-22H2,1-5H3,(H,38,44)(H,40,45). The lowest BCUT2D eigenvalue weighted by Crippen LogP contribution is -2.15. The minimum absolute atomic E-state index is 0.0469. The fourth-order valence-electron chi connectivity index (χ4n) is 5.16. The van der Waals surface area contributed by atoms with Gasteiger partial charge in [0.25, 0.3) is 0 Å². The highest BCUT2D eigenvalue weighted by molar-refractivity contribution is 8.01. The average Bonchev–Trinajstić information content (AvgIpc) is 3.68. The van der Waals surface area contributed by atoms with Gasteiger partial charge in [-0.1, -0.05) is 105 Å². The molecule has 0 bridgehead atoms. The Balaban J connectivity index is 1.10. The number of para-hydroxylation sites is 2. The van der Waals surface area contributed by atoms with Gasteiger partial charge in [-0.15, -0.1) is 21.5 Å². The van der Waals surface area contributed by atoms with Crippen molar-refractivity contribution in [1.82, 2.24) is 19.7 Å². The van der Waals surface area contributed by atoms with Crippen LogP contribution in [0.5, 0.6) is 0 Å². The third-order valence-electron chi connectivity index (χ3n) is 7.71. The van der Waals surface area contributed by atoms with E-state index in [1.54, 1.807) is 0 Å². The van der Waals surface area contributed by atoms with Crippen molar-refractivity contribution in [3.63, 3.8) is 0 Å². The third kappa shape index (κ3) is 7.81. The first-order valence-corrected chi connectivity index (χ1v) is 18.3. The van der Waals surface area contributed by atoms with E-state index in [4.69, 9.17) is 0 Å². The molecule has 0 unspecified atom stereocenters. The molecule has 11 heteroatoms. The second-order valence-corrected chi connectivity index (χ2v) is 15.6. The SMILES string of the molecule is Cc1cccc(C)c1NC(=O)CSc1nc2ccc(NC(=O)CSc3nnc(-c4ccc(C(C)(C)C)cc4)n3-c3ccccc3)cc2s1. The van der Waals surface area contributed by atoms with E-state index < -0.39 is 0 Å². The van der Waals surface area contributed by atoms with Crippen molar-refractivity contribution in [1.29, 1.82) is 0 Å². The first kappa shape index (κ1) is 33.5. The molecular formula is C37H36N6O2S3. The second-order valence-electron chi connectivity index (χ2n) is 12.4. The second kappa shape index (κ2) is 14.3. The van der Waals surface area contributed by atoms with E-state index in [1.807, 2.05) is 85.1 Å². The molecule has 0 aliphatic carbocycles. The van der Waals surface area contributed by atoms with Crippen molar-refractivity contribution in [2.75, 3.05) is 22.1 Å². The average molecular weight is 693 g/mol. The molecule has 0 aliphatic heterocycles. The van der Waals surface area contributed by atoms with Gasteiger partial charge in [-0.25, -0.2) is 4.98 Å². The Kier molecular flexibility index (Phi) is 10.00. The number of benzene rings is 4. The van der Waals surface area contributed by atoms with Crippen molar-refractivity contribution < 1.29 is 9.59 Å². The largest absolute Gasteiger partial charge is 0.325 e. The summed E-state index contributed by atoms with van der Waals surface area (Å²) in [6.45, 7) is 10.5. The summed E-state index contributed by atoms with van der Waals surface area (Å²) < 4.78 is 3.73. The van der Waals surface area contributed by atoms with Gasteiger partial charge in [0, 0.05) is 22.6 Å². The number of thiazole rings is 1. The number of thioether (sulfide) groups is 2. The lowest BCUT2D eigenvalue weighted by molar-refractivity contribution is -0.114. The lowest BCUT2D eigenvalue weighted by Gasteiger charge is -2.19. The quantitative estimate of drug-likeness (QED) is 0.138. The molecule has 6 aromatic rings. The van der Waals surface area contributed by atoms with Crippen molar-refractivity contribution in [2.24, 2.45) is 0 Å². The van der Waals surface area contributed by atoms with Crippen LogP contribution in [0.25, 0.3) is 27.3 Å². The Morgan fingerprint density at radius 1 is 0.792 bits per heavy atom. The molecule has 0 saturated carbocycles. The Morgan fingerprint density at radius 3 is 2.19 bits per heavy atom. The number of anilines is 2. The van der Waals surface area contributed by atoms with Gasteiger partial charge in [0.05, 0.1) is 21.7 Å². The fraction of sp³-hybridized carbons (Fsp3) is 0.216. The highest BCUT2D eigenvalue weighted by Crippen LogP contribution is 2.33. The zero-order valence-electron chi connectivity index (χ0n) is 27.4. The maximum absolute atomic E-state index is 13.1. The van der Waals surface area contributed by atoms with Gasteiger partial charge in [-0.3, -0.25) is 14.2 Å². The van der Waals surface area contributed by atoms with E-state index in [-0.39, 0.29) is 28.7 Å². The molecule has 0 fully saturated rings. The molecule has 2 amide bonds. The van der Waals surface area contributed by atoms with E-state index in [9.17, 15) is 9.59 Å². The van der Waals surface area contributed by atoms with Gasteiger partial charge in [0.15, 0.2) is 15.3 Å². The number of carbonyl (C=O) groups excluding carboxylic acids is 2. The van der Waals surface area contributed by atoms with Gasteiger partial charge in [-0.05, 0) is 66.3 Å². The van der Waals surface area contributed by atoms with Crippen LogP contribution in [0.15, 0.2) is 100 Å². The van der Waals surface area contributed by atoms with Crippen LogP contribution in [0.1, 0.15) is 37.5 Å². The zero-order chi connectivity index (χ0) is 33.8. The molecule has 0 radical (unpaired) electrons. The number of rotatable bonds is 10. The predicted octanol–water partition coefficient (Wildman–Crippen LogP) is 8.92. The fourth-order valence-corrected chi connectivity index (χ4v) is 7.82. The zero-order valence-corrected chi connectivity index (χ0v) is 29.9. The minimum atomic E-state index is -0.152. The lowest BCUT2D eigenvalue weighted by atomic mass is 9.87. The van der Waals surface area contributed by atoms with Gasteiger partial charge in [0.2, 0.25) is 11.8 Å². The minimum Gasteiger partial charge on any atom is -0.325 e. The van der Waals surface area contributed by atoms with Crippen molar-refractivity contribution >= 4 is 68.3 Å². The summed E-state index contributed by atoms with van der Waals surface area (Å²) in [5.74, 6) is 0.907. The summed E-state index contributed by atoms with van der Waals surface area (Å²) in [5, 5.41) is 15.7. The molecule has 244 valence electrons. The van der Waals surface area contributed by atoms with Crippen molar-refractivity contribution in [3.05, 3.63) is 108 Å². The van der Waals surface area contributed by atoms with E-state index in [0.717, 1.165) is 48.4 Å². The first-order valence-electron chi connectivity index (χ1n) is 15.5. The Bertz CT molecular complexity index is 2060. The summed E-state index contributed by atoms with van der Waals surface area (Å²) in [6.07, 6.45) is 0. The van der Waals surface area contributed by atoms with E-state index in [0.29, 0.717) is 10.8 Å². The maximum Gasteiger partial charge on any atom is 0.234 e. The number of amides is 2. The van der Waals surface area contributed by atoms with Crippen LogP contribution in [-0.2, 0) is 15.0 Å². The molecule has 0 spiro atoms. The number of nitrogens with zero attached hydrogens (tertiary/aromatic N) is 4. The smallest absolute Gasteiger partial charge is 0.234 e. The van der Waals surface area contributed by atoms with Crippen molar-refractivity contribution in [2.45, 2.75) is 49.5 Å². The number of hydrogen-bond acceptors (Lipinski definition) is 8. The predicted molar refractivity (Wildman–Crippen MR) is 200 cm³/mol. The van der Waals surface area contributed by atoms with Gasteiger partial charge in [0.1, 0.15) is 0 Å². The molecule has 8 nitrogen and oxygen atoms in total. The van der Waals surface area contributed by atoms with E-state index in [2.05, 4.69) is 70.9 Å². The highest BCUT2D eigenvalue weighted by Gasteiger charge is 2.19. The Labute approximate surface area is 292 Å². The molecule has 2 aromatic heterocycles. The molecule has 48 heavy (non-hydrogen) atoms. The van der Waals surface area contributed by atoms with Gasteiger partial charge in [-0.2, -0.15) is 0 Å². The van der Waals surface area contributed by atoms with Gasteiger partial charge < -0.3 is 10.6 Å². The summed E-state index contributed by atoms with van der Waals surface area (Å²) in [5.41, 5.74) is 7.60. The normalized spacial score (nSPS) is 11.5. The number of hydrogen-bond donors (Lipinski definition) is 2. The van der Waals surface area contributed by atoms with E-state index in [1.165, 1.54) is 40.4 Å². The number of nitrogens with one attached hydrogen (secondary N) is 2. The van der Waals surface area contributed by atoms with Crippen LogP contribution >= 0.6 is 34.9 Å². The summed E-state index contributed by atoms with van der Waals surface area (Å²) >= 11 is 4.24. The summed E-state index contributed by atoms with van der Waals surface area (Å²) in [4.78, 5) is 30.4. The van der Waals surface area contributed by atoms with Crippen molar-refractivity contribution in [3.8, 4) is 17.1 Å². The Morgan fingerprint density at radius 2 is 1.48 bits per heavy atom. The maximum atomic E-state index is 13.1. The summed E-state index contributed by atoms with van der Waals surface area (Å²) in [7, 11) is 0. The molecule has 0 aliphatic rings. The van der Waals surface area contributed by atoms with Crippen LogP contribution in [0.3, 0.4) is 0 Å². The van der Waals surface area contributed by atoms with Gasteiger partial charge >= 0.3 is 0 Å². The molecular weight excluding hydrogens is 657 g/mol. The van der Waals surface area contributed by atoms with Crippen LogP contribution in [0.4, 0.5) is 11.4 Å². The third-order valence-corrected chi connectivity index (χ3v) is 10.8. The number of aromatic nitrogens is 4. The number of fused-ring (bicyclic) bond motifs is 1. The Hall–Kier alpha value is -4.45. The molecule has 0 atom stereocenters. The molecule has 2 heterocycles.